The molecule has 6 nitrogen and oxygen atoms in total. The SMILES string of the molecule is NC(=O)C1CCCCC1(C(N)=O)C(=O)O. The second kappa shape index (κ2) is 3.88. The van der Waals surface area contributed by atoms with Crippen molar-refractivity contribution in [3.05, 3.63) is 0 Å². The maximum atomic E-state index is 11.3. The molecule has 5 N–H and O–H groups in total. The van der Waals surface area contributed by atoms with Gasteiger partial charge in [0.05, 0.1) is 5.92 Å². The number of carbonyl (C=O) groups excluding carboxylic acids is 2. The van der Waals surface area contributed by atoms with E-state index < -0.39 is 29.1 Å². The fourth-order valence-corrected chi connectivity index (χ4v) is 2.21. The van der Waals surface area contributed by atoms with Crippen molar-refractivity contribution < 1.29 is 19.5 Å². The number of hydrogen-bond donors (Lipinski definition) is 3. The second-order valence-corrected chi connectivity index (χ2v) is 3.84. The van der Waals surface area contributed by atoms with Gasteiger partial charge in [0, 0.05) is 0 Å². The molecule has 0 aromatic rings. The van der Waals surface area contributed by atoms with Crippen molar-refractivity contribution in [2.75, 3.05) is 0 Å². The van der Waals surface area contributed by atoms with Crippen molar-refractivity contribution in [1.82, 2.24) is 0 Å². The predicted molar refractivity (Wildman–Crippen MR) is 50.4 cm³/mol. The van der Waals surface area contributed by atoms with Gasteiger partial charge in [0.1, 0.15) is 0 Å². The van der Waals surface area contributed by atoms with Gasteiger partial charge in [-0.15, -0.1) is 0 Å². The van der Waals surface area contributed by atoms with E-state index >= 15 is 0 Å². The van der Waals surface area contributed by atoms with E-state index in [1.165, 1.54) is 0 Å². The van der Waals surface area contributed by atoms with Crippen molar-refractivity contribution in [2.24, 2.45) is 22.8 Å². The Morgan fingerprint density at radius 2 is 1.80 bits per heavy atom. The van der Waals surface area contributed by atoms with E-state index in [2.05, 4.69) is 0 Å². The van der Waals surface area contributed by atoms with Gasteiger partial charge in [0.25, 0.3) is 0 Å². The Hall–Kier alpha value is -1.59. The molecular formula is C9H14N2O4. The van der Waals surface area contributed by atoms with Crippen molar-refractivity contribution in [2.45, 2.75) is 25.7 Å². The Morgan fingerprint density at radius 3 is 2.13 bits per heavy atom. The summed E-state index contributed by atoms with van der Waals surface area (Å²) in [6.07, 6.45) is 1.66. The van der Waals surface area contributed by atoms with Crippen LogP contribution in [0.5, 0.6) is 0 Å². The van der Waals surface area contributed by atoms with Gasteiger partial charge in [-0.2, -0.15) is 0 Å². The molecular weight excluding hydrogens is 200 g/mol. The third-order valence-electron chi connectivity index (χ3n) is 3.07. The lowest BCUT2D eigenvalue weighted by Gasteiger charge is -2.36. The summed E-state index contributed by atoms with van der Waals surface area (Å²) in [5.41, 5.74) is 8.41. The van der Waals surface area contributed by atoms with Crippen molar-refractivity contribution in [3.8, 4) is 0 Å². The summed E-state index contributed by atoms with van der Waals surface area (Å²) in [5, 5.41) is 9.07. The number of carboxylic acid groups (broad SMARTS) is 1. The van der Waals surface area contributed by atoms with Gasteiger partial charge in [-0.1, -0.05) is 12.8 Å². The lowest BCUT2D eigenvalue weighted by molar-refractivity contribution is -0.164. The Bertz CT molecular complexity index is 299. The molecule has 0 spiro atoms. The lowest BCUT2D eigenvalue weighted by Crippen LogP contribution is -2.54. The average Bonchev–Trinajstić information content (AvgIpc) is 2.16. The first-order chi connectivity index (χ1) is 6.93. The van der Waals surface area contributed by atoms with Crippen LogP contribution in [0.25, 0.3) is 0 Å². The molecule has 2 unspecified atom stereocenters. The molecule has 2 atom stereocenters. The molecule has 0 saturated heterocycles. The van der Waals surface area contributed by atoms with Crippen LogP contribution in [-0.2, 0) is 14.4 Å². The molecule has 15 heavy (non-hydrogen) atoms. The quantitative estimate of drug-likeness (QED) is 0.533. The summed E-state index contributed by atoms with van der Waals surface area (Å²) in [5.74, 6) is -4.07. The van der Waals surface area contributed by atoms with Gasteiger partial charge in [-0.25, -0.2) is 0 Å². The highest BCUT2D eigenvalue weighted by Gasteiger charge is 2.54. The fourth-order valence-electron chi connectivity index (χ4n) is 2.21. The molecule has 1 rings (SSSR count). The van der Waals surface area contributed by atoms with E-state index in [0.717, 1.165) is 0 Å². The van der Waals surface area contributed by atoms with E-state index in [4.69, 9.17) is 16.6 Å². The van der Waals surface area contributed by atoms with Gasteiger partial charge in [0.15, 0.2) is 5.41 Å². The molecule has 1 saturated carbocycles. The van der Waals surface area contributed by atoms with Crippen LogP contribution in [0.3, 0.4) is 0 Å². The molecule has 1 aliphatic rings. The van der Waals surface area contributed by atoms with E-state index in [0.29, 0.717) is 19.3 Å². The summed E-state index contributed by atoms with van der Waals surface area (Å²) in [6, 6.07) is 0. The zero-order valence-corrected chi connectivity index (χ0v) is 8.23. The van der Waals surface area contributed by atoms with Crippen LogP contribution >= 0.6 is 0 Å². The highest BCUT2D eigenvalue weighted by Crippen LogP contribution is 2.41. The second-order valence-electron chi connectivity index (χ2n) is 3.84. The number of nitrogens with two attached hydrogens (primary N) is 2. The third kappa shape index (κ3) is 1.67. The molecule has 2 amide bonds. The average molecular weight is 214 g/mol. The minimum Gasteiger partial charge on any atom is -0.480 e. The van der Waals surface area contributed by atoms with Crippen LogP contribution in [0, 0.1) is 11.3 Å². The number of rotatable bonds is 3. The normalized spacial score (nSPS) is 30.8. The predicted octanol–water partition coefficient (Wildman–Crippen LogP) is -0.782. The van der Waals surface area contributed by atoms with E-state index in [9.17, 15) is 14.4 Å². The van der Waals surface area contributed by atoms with E-state index in [1.54, 1.807) is 0 Å². The van der Waals surface area contributed by atoms with Crippen LogP contribution in [0.2, 0.25) is 0 Å². The van der Waals surface area contributed by atoms with Crippen LogP contribution in [-0.4, -0.2) is 22.9 Å². The molecule has 0 bridgehead atoms. The highest BCUT2D eigenvalue weighted by atomic mass is 16.4. The number of carbonyl (C=O) groups is 3. The third-order valence-corrected chi connectivity index (χ3v) is 3.07. The number of primary amides is 2. The number of amides is 2. The molecule has 84 valence electrons. The summed E-state index contributed by atoms with van der Waals surface area (Å²) < 4.78 is 0. The number of hydrogen-bond acceptors (Lipinski definition) is 3. The molecule has 0 heterocycles. The van der Waals surface area contributed by atoms with Crippen LogP contribution in [0.1, 0.15) is 25.7 Å². The fraction of sp³-hybridized carbons (Fsp3) is 0.667. The summed E-state index contributed by atoms with van der Waals surface area (Å²) in [4.78, 5) is 33.5. The first-order valence-electron chi connectivity index (χ1n) is 4.75. The molecule has 6 heteroatoms. The first kappa shape index (κ1) is 11.5. The van der Waals surface area contributed by atoms with Crippen LogP contribution in [0.15, 0.2) is 0 Å². The highest BCUT2D eigenvalue weighted by molar-refractivity contribution is 6.05. The monoisotopic (exact) mass is 214 g/mol. The minimum absolute atomic E-state index is 0.0886. The Morgan fingerprint density at radius 1 is 1.20 bits per heavy atom. The molecule has 0 aromatic carbocycles. The summed E-state index contributed by atoms with van der Waals surface area (Å²) in [7, 11) is 0. The topological polar surface area (TPSA) is 123 Å². The number of aliphatic carboxylic acids is 1. The van der Waals surface area contributed by atoms with Crippen molar-refractivity contribution >= 4 is 17.8 Å². The first-order valence-corrected chi connectivity index (χ1v) is 4.75. The molecule has 0 aromatic heterocycles. The molecule has 0 radical (unpaired) electrons. The summed E-state index contributed by atoms with van der Waals surface area (Å²) >= 11 is 0. The maximum Gasteiger partial charge on any atom is 0.320 e. The summed E-state index contributed by atoms with van der Waals surface area (Å²) in [6.45, 7) is 0. The molecule has 1 fully saturated rings. The molecule has 1 aliphatic carbocycles. The van der Waals surface area contributed by atoms with E-state index in [-0.39, 0.29) is 6.42 Å². The van der Waals surface area contributed by atoms with Gasteiger partial charge < -0.3 is 16.6 Å². The van der Waals surface area contributed by atoms with Crippen molar-refractivity contribution in [3.63, 3.8) is 0 Å². The lowest BCUT2D eigenvalue weighted by atomic mass is 9.65. The smallest absolute Gasteiger partial charge is 0.320 e. The van der Waals surface area contributed by atoms with E-state index in [1.807, 2.05) is 0 Å². The maximum absolute atomic E-state index is 11.3. The van der Waals surface area contributed by atoms with Gasteiger partial charge >= 0.3 is 5.97 Å². The standard InChI is InChI=1S/C9H14N2O4/c10-6(12)5-3-1-2-4-9(5,7(11)13)8(14)15/h5H,1-4H2,(H2,10,12)(H2,11,13)(H,14,15). The van der Waals surface area contributed by atoms with Gasteiger partial charge in [0.2, 0.25) is 11.8 Å². The Kier molecular flexibility index (Phi) is 2.97. The zero-order chi connectivity index (χ0) is 11.6. The zero-order valence-electron chi connectivity index (χ0n) is 8.23. The number of carboxylic acids is 1. The Balaban J connectivity index is 3.16. The Labute approximate surface area is 86.6 Å². The van der Waals surface area contributed by atoms with Crippen molar-refractivity contribution in [1.29, 1.82) is 0 Å². The van der Waals surface area contributed by atoms with Gasteiger partial charge in [-0.05, 0) is 12.8 Å². The van der Waals surface area contributed by atoms with Gasteiger partial charge in [-0.3, -0.25) is 14.4 Å². The minimum atomic E-state index is -1.80. The largest absolute Gasteiger partial charge is 0.480 e. The van der Waals surface area contributed by atoms with Crippen LogP contribution in [0.4, 0.5) is 0 Å². The molecule has 0 aliphatic heterocycles. The van der Waals surface area contributed by atoms with Crippen LogP contribution < -0.4 is 11.5 Å².